The number of methoxy groups -OCH3 is 1. The van der Waals surface area contributed by atoms with Gasteiger partial charge in [-0.15, -0.1) is 0 Å². The van der Waals surface area contributed by atoms with E-state index in [0.29, 0.717) is 5.75 Å². The lowest BCUT2D eigenvalue weighted by Crippen LogP contribution is -2.54. The number of carbonyl (C=O) groups excluding carboxylic acids is 2. The van der Waals surface area contributed by atoms with Gasteiger partial charge >= 0.3 is 0 Å². The third-order valence-corrected chi connectivity index (χ3v) is 7.31. The number of hydrogen-bond donors (Lipinski definition) is 1. The molecule has 0 bridgehead atoms. The van der Waals surface area contributed by atoms with Crippen LogP contribution in [0.2, 0.25) is 0 Å². The third kappa shape index (κ3) is 8.32. The van der Waals surface area contributed by atoms with Crippen molar-refractivity contribution in [3.8, 4) is 5.75 Å². The van der Waals surface area contributed by atoms with E-state index >= 15 is 0 Å². The van der Waals surface area contributed by atoms with E-state index < -0.39 is 28.5 Å². The maximum Gasteiger partial charge on any atom is 0.244 e. The van der Waals surface area contributed by atoms with Crippen molar-refractivity contribution in [3.05, 3.63) is 95.6 Å². The summed E-state index contributed by atoms with van der Waals surface area (Å²) in [5.74, 6) is -0.489. The predicted octanol–water partition coefficient (Wildman–Crippen LogP) is 3.93. The Hall–Kier alpha value is -3.85. The van der Waals surface area contributed by atoms with Crippen LogP contribution in [-0.2, 0) is 32.6 Å². The van der Waals surface area contributed by atoms with E-state index in [-0.39, 0.29) is 30.6 Å². The maximum absolute atomic E-state index is 14.1. The number of carbonyl (C=O) groups is 2. The van der Waals surface area contributed by atoms with Crippen LogP contribution in [0.1, 0.15) is 30.5 Å². The maximum atomic E-state index is 14.1. The van der Waals surface area contributed by atoms with Crippen molar-refractivity contribution in [1.82, 2.24) is 10.2 Å². The van der Waals surface area contributed by atoms with Crippen LogP contribution in [0.15, 0.2) is 78.9 Å². The van der Waals surface area contributed by atoms with Crippen molar-refractivity contribution < 1.29 is 22.7 Å². The molecule has 3 rings (SSSR count). The van der Waals surface area contributed by atoms with Crippen molar-refractivity contribution in [3.63, 3.8) is 0 Å². The first-order valence-electron chi connectivity index (χ1n) is 12.8. The first-order chi connectivity index (χ1) is 18.5. The Kier molecular flexibility index (Phi) is 10.1. The van der Waals surface area contributed by atoms with Crippen LogP contribution < -0.4 is 14.4 Å². The summed E-state index contributed by atoms with van der Waals surface area (Å²) < 4.78 is 32.4. The fraction of sp³-hybridized carbons (Fsp3) is 0.333. The molecule has 0 aliphatic carbocycles. The Morgan fingerprint density at radius 1 is 0.923 bits per heavy atom. The number of benzene rings is 3. The van der Waals surface area contributed by atoms with Crippen molar-refractivity contribution in [2.75, 3.05) is 24.2 Å². The average molecular weight is 552 g/mol. The molecule has 1 atom stereocenters. The minimum absolute atomic E-state index is 0.130. The molecule has 3 aromatic carbocycles. The largest absolute Gasteiger partial charge is 0.495 e. The van der Waals surface area contributed by atoms with Gasteiger partial charge in [0, 0.05) is 19.0 Å². The molecule has 9 heteroatoms. The number of ether oxygens (including phenoxy) is 1. The zero-order chi connectivity index (χ0) is 28.6. The molecule has 2 amide bonds. The molecule has 8 nitrogen and oxygen atoms in total. The molecule has 0 aliphatic rings. The molecule has 0 aliphatic heterocycles. The molecule has 0 saturated carbocycles. The summed E-state index contributed by atoms with van der Waals surface area (Å²) in [4.78, 5) is 29.1. The molecule has 0 spiro atoms. The van der Waals surface area contributed by atoms with Crippen LogP contribution in [-0.4, -0.2) is 57.1 Å². The summed E-state index contributed by atoms with van der Waals surface area (Å²) in [5.41, 5.74) is 2.78. The van der Waals surface area contributed by atoms with Crippen LogP contribution >= 0.6 is 0 Å². The summed E-state index contributed by atoms with van der Waals surface area (Å²) in [6.07, 6.45) is 1.32. The monoisotopic (exact) mass is 551 g/mol. The third-order valence-electron chi connectivity index (χ3n) is 6.18. The lowest BCUT2D eigenvalue weighted by Gasteiger charge is -2.34. The molecular formula is C30H37N3O5S. The highest BCUT2D eigenvalue weighted by Crippen LogP contribution is 2.31. The number of aryl methyl sites for hydroxylation is 1. The van der Waals surface area contributed by atoms with Gasteiger partial charge in [-0.3, -0.25) is 13.9 Å². The van der Waals surface area contributed by atoms with Crippen LogP contribution in [0.3, 0.4) is 0 Å². The van der Waals surface area contributed by atoms with Gasteiger partial charge in [-0.2, -0.15) is 0 Å². The molecule has 0 saturated heterocycles. The Bertz CT molecular complexity index is 1360. The molecule has 0 aromatic heterocycles. The van der Waals surface area contributed by atoms with E-state index in [4.69, 9.17) is 4.74 Å². The Morgan fingerprint density at radius 3 is 2.05 bits per heavy atom. The second kappa shape index (κ2) is 13.3. The average Bonchev–Trinajstić information content (AvgIpc) is 2.89. The van der Waals surface area contributed by atoms with Gasteiger partial charge in [-0.1, -0.05) is 66.7 Å². The summed E-state index contributed by atoms with van der Waals surface area (Å²) in [5, 5.41) is 2.94. The van der Waals surface area contributed by atoms with Crippen LogP contribution in [0.25, 0.3) is 0 Å². The number of amides is 2. The van der Waals surface area contributed by atoms with Gasteiger partial charge in [0.25, 0.3) is 0 Å². The molecule has 0 radical (unpaired) electrons. The highest BCUT2D eigenvalue weighted by Gasteiger charge is 2.34. The van der Waals surface area contributed by atoms with Crippen molar-refractivity contribution in [1.29, 1.82) is 0 Å². The van der Waals surface area contributed by atoms with Crippen LogP contribution in [0.5, 0.6) is 5.75 Å². The van der Waals surface area contributed by atoms with E-state index in [1.54, 1.807) is 18.2 Å². The SMILES string of the molecule is COc1ccc(C)cc1N(CC(=O)N(Cc1ccccc1)[C@@H](Cc1ccccc1)C(=O)NC(C)C)S(C)(=O)=O. The number of anilines is 1. The normalized spacial score (nSPS) is 12.1. The second-order valence-corrected chi connectivity index (χ2v) is 11.7. The Labute approximate surface area is 231 Å². The number of rotatable bonds is 12. The molecule has 0 heterocycles. The molecule has 1 N–H and O–H groups in total. The van der Waals surface area contributed by atoms with Gasteiger partial charge in [0.2, 0.25) is 21.8 Å². The van der Waals surface area contributed by atoms with E-state index in [2.05, 4.69) is 5.32 Å². The molecule has 0 unspecified atom stereocenters. The van der Waals surface area contributed by atoms with Gasteiger partial charge in [0.1, 0.15) is 18.3 Å². The van der Waals surface area contributed by atoms with E-state index in [1.165, 1.54) is 12.0 Å². The zero-order valence-electron chi connectivity index (χ0n) is 23.1. The van der Waals surface area contributed by atoms with Gasteiger partial charge in [0.15, 0.2) is 0 Å². The van der Waals surface area contributed by atoms with Gasteiger partial charge in [0.05, 0.1) is 19.1 Å². The van der Waals surface area contributed by atoms with Crippen LogP contribution in [0, 0.1) is 6.92 Å². The second-order valence-electron chi connectivity index (χ2n) is 9.82. The van der Waals surface area contributed by atoms with Gasteiger partial charge in [-0.05, 0) is 49.6 Å². The fourth-order valence-electron chi connectivity index (χ4n) is 4.30. The lowest BCUT2D eigenvalue weighted by molar-refractivity contribution is -0.140. The molecule has 3 aromatic rings. The number of nitrogens with one attached hydrogen (secondary N) is 1. The van der Waals surface area contributed by atoms with Crippen molar-refractivity contribution in [2.24, 2.45) is 0 Å². The lowest BCUT2D eigenvalue weighted by atomic mass is 10.0. The first-order valence-corrected chi connectivity index (χ1v) is 14.6. The molecule has 39 heavy (non-hydrogen) atoms. The van der Waals surface area contributed by atoms with E-state index in [1.807, 2.05) is 81.4 Å². The van der Waals surface area contributed by atoms with Gasteiger partial charge < -0.3 is 15.0 Å². The fourth-order valence-corrected chi connectivity index (χ4v) is 5.15. The predicted molar refractivity (Wildman–Crippen MR) is 154 cm³/mol. The Morgan fingerprint density at radius 2 is 1.51 bits per heavy atom. The van der Waals surface area contributed by atoms with Crippen molar-refractivity contribution in [2.45, 2.75) is 45.8 Å². The minimum Gasteiger partial charge on any atom is -0.495 e. The minimum atomic E-state index is -3.89. The van der Waals surface area contributed by atoms with E-state index in [0.717, 1.165) is 27.3 Å². The highest BCUT2D eigenvalue weighted by atomic mass is 32.2. The zero-order valence-corrected chi connectivity index (χ0v) is 23.9. The van der Waals surface area contributed by atoms with E-state index in [9.17, 15) is 18.0 Å². The Balaban J connectivity index is 2.08. The molecule has 0 fully saturated rings. The van der Waals surface area contributed by atoms with Crippen LogP contribution in [0.4, 0.5) is 5.69 Å². The molecular weight excluding hydrogens is 514 g/mol. The standard InChI is InChI=1S/C30H37N3O5S/c1-22(2)31-30(35)27(19-24-12-8-6-9-13-24)32(20-25-14-10-7-11-15-25)29(34)21-33(39(5,36)37)26-18-23(3)16-17-28(26)38-4/h6-18,22,27H,19-21H2,1-5H3,(H,31,35)/t27-/m0/s1. The van der Waals surface area contributed by atoms with Crippen molar-refractivity contribution >= 4 is 27.5 Å². The first kappa shape index (κ1) is 29.7. The summed E-state index contributed by atoms with van der Waals surface area (Å²) in [6.45, 7) is 5.18. The number of sulfonamides is 1. The number of nitrogens with zero attached hydrogens (tertiary/aromatic N) is 2. The molecule has 208 valence electrons. The summed E-state index contributed by atoms with van der Waals surface area (Å²) >= 11 is 0. The smallest absolute Gasteiger partial charge is 0.244 e. The topological polar surface area (TPSA) is 96.0 Å². The summed E-state index contributed by atoms with van der Waals surface area (Å²) in [6, 6.07) is 22.9. The quantitative estimate of drug-likeness (QED) is 0.368. The summed E-state index contributed by atoms with van der Waals surface area (Å²) in [7, 11) is -2.44. The highest BCUT2D eigenvalue weighted by molar-refractivity contribution is 7.92. The number of hydrogen-bond acceptors (Lipinski definition) is 5. The van der Waals surface area contributed by atoms with Gasteiger partial charge in [-0.25, -0.2) is 8.42 Å².